The van der Waals surface area contributed by atoms with Gasteiger partial charge in [-0.15, -0.1) is 23.4 Å². The predicted molar refractivity (Wildman–Crippen MR) is 140 cm³/mol. The largest absolute Gasteiger partial charge is 0.388 e. The average molecular weight is 561 g/mol. The fraction of sp³-hybridized carbons (Fsp3) is 0.731. The third kappa shape index (κ3) is 6.78. The number of carbonyl (C=O) groups excluding carboxylic acids is 1. The summed E-state index contributed by atoms with van der Waals surface area (Å²) >= 11 is 7.62. The van der Waals surface area contributed by atoms with Crippen LogP contribution in [-0.4, -0.2) is 94.1 Å². The number of halogens is 2. The number of aryl methyl sites for hydroxylation is 1. The minimum atomic E-state index is -1.42. The Morgan fingerprint density at radius 3 is 2.78 bits per heavy atom. The van der Waals surface area contributed by atoms with E-state index in [0.29, 0.717) is 19.1 Å². The molecule has 1 aromatic carbocycles. The molecule has 3 aliphatic rings. The summed E-state index contributed by atoms with van der Waals surface area (Å²) in [6.07, 6.45) is -0.128. The monoisotopic (exact) mass is 560 g/mol. The number of ether oxygens (including phenoxy) is 2. The standard InChI is InChI=1S/C26H38ClFN2O6S/c1-13(27)18(24-21(32)20(31)22(33)26(36-24)37-2)30-25(34)19-23-16(12-29-19)10-15(8-9-35-23)7-6-14-4-3-5-17(28)11-14/h3-5,11,13,15-16,18-24,26,29,31-33H,6-10,12H2,1-2H3,(H,30,34)/t13-,15-,16-,18+,19-,20+,21?,22+,23+,24+,26?/m0/s1. The van der Waals surface area contributed by atoms with Gasteiger partial charge in [0.2, 0.25) is 5.91 Å². The summed E-state index contributed by atoms with van der Waals surface area (Å²) in [7, 11) is 0. The molecule has 0 aromatic heterocycles. The lowest BCUT2D eigenvalue weighted by atomic mass is 9.86. The Balaban J connectivity index is 1.37. The molecule has 3 heterocycles. The Labute approximate surface area is 226 Å². The van der Waals surface area contributed by atoms with E-state index in [1.807, 2.05) is 6.07 Å². The van der Waals surface area contributed by atoms with Gasteiger partial charge in [0, 0.05) is 13.2 Å². The van der Waals surface area contributed by atoms with E-state index in [-0.39, 0.29) is 23.7 Å². The first-order valence-electron chi connectivity index (χ1n) is 13.0. The Hall–Kier alpha value is -0.980. The van der Waals surface area contributed by atoms with Gasteiger partial charge < -0.3 is 35.4 Å². The smallest absolute Gasteiger partial charge is 0.240 e. The maximum atomic E-state index is 13.5. The second-order valence-corrected chi connectivity index (χ2v) is 12.1. The third-order valence-electron chi connectivity index (χ3n) is 7.87. The SMILES string of the molecule is CSC1O[C@H]([C@H](NC(=O)[C@H]2NC[C@@H]3C[C@@H](CCc4cccc(F)c4)CCO[C@H]32)[C@H](C)Cl)C(O)[C@@H](O)[C@H]1O. The average Bonchev–Trinajstić information content (AvgIpc) is 3.15. The zero-order chi connectivity index (χ0) is 26.7. The number of carbonyl (C=O) groups is 1. The number of benzene rings is 1. The van der Waals surface area contributed by atoms with Crippen LogP contribution in [0.25, 0.3) is 0 Å². The highest BCUT2D eigenvalue weighted by molar-refractivity contribution is 7.99. The number of aliphatic hydroxyl groups is 3. The van der Waals surface area contributed by atoms with Crippen molar-refractivity contribution in [3.8, 4) is 0 Å². The number of hydrogen-bond donors (Lipinski definition) is 5. The summed E-state index contributed by atoms with van der Waals surface area (Å²) in [5.41, 5.74) is 0.222. The number of hydrogen-bond acceptors (Lipinski definition) is 8. The molecule has 0 aliphatic carbocycles. The van der Waals surface area contributed by atoms with Gasteiger partial charge in [-0.2, -0.15) is 0 Å². The minimum absolute atomic E-state index is 0.164. The van der Waals surface area contributed by atoms with Crippen LogP contribution < -0.4 is 10.6 Å². The summed E-state index contributed by atoms with van der Waals surface area (Å²) in [6.45, 7) is 2.87. The third-order valence-corrected chi connectivity index (χ3v) is 9.00. The summed E-state index contributed by atoms with van der Waals surface area (Å²) in [4.78, 5) is 13.4. The van der Waals surface area contributed by atoms with E-state index < -0.39 is 47.3 Å². The number of fused-ring (bicyclic) bond motifs is 1. The van der Waals surface area contributed by atoms with E-state index in [1.165, 1.54) is 17.8 Å². The van der Waals surface area contributed by atoms with E-state index in [0.717, 1.165) is 31.2 Å². The molecule has 3 fully saturated rings. The van der Waals surface area contributed by atoms with Crippen LogP contribution in [0, 0.1) is 17.7 Å². The van der Waals surface area contributed by atoms with Crippen molar-refractivity contribution in [2.75, 3.05) is 19.4 Å². The van der Waals surface area contributed by atoms with Crippen LogP contribution in [0.15, 0.2) is 24.3 Å². The second kappa shape index (κ2) is 12.9. The molecule has 3 aliphatic heterocycles. The summed E-state index contributed by atoms with van der Waals surface area (Å²) < 4.78 is 25.5. The van der Waals surface area contributed by atoms with Gasteiger partial charge in [0.15, 0.2) is 0 Å². The molecule has 2 unspecified atom stereocenters. The normalized spacial score (nSPS) is 37.9. The molecule has 5 N–H and O–H groups in total. The number of alkyl halides is 1. The van der Waals surface area contributed by atoms with Crippen molar-refractivity contribution < 1.29 is 34.0 Å². The van der Waals surface area contributed by atoms with Crippen molar-refractivity contribution in [2.24, 2.45) is 11.8 Å². The molecular formula is C26H38ClFN2O6S. The van der Waals surface area contributed by atoms with Gasteiger partial charge in [0.1, 0.15) is 41.7 Å². The van der Waals surface area contributed by atoms with Gasteiger partial charge in [-0.05, 0) is 68.4 Å². The van der Waals surface area contributed by atoms with Crippen LogP contribution in [-0.2, 0) is 20.7 Å². The quantitative estimate of drug-likeness (QED) is 0.303. The molecule has 8 nitrogen and oxygen atoms in total. The predicted octanol–water partition coefficient (Wildman–Crippen LogP) is 1.42. The van der Waals surface area contributed by atoms with Crippen molar-refractivity contribution in [3.05, 3.63) is 35.6 Å². The number of rotatable bonds is 8. The highest BCUT2D eigenvalue weighted by atomic mass is 35.5. The summed E-state index contributed by atoms with van der Waals surface area (Å²) in [5.74, 6) is 0.0537. The van der Waals surface area contributed by atoms with E-state index >= 15 is 0 Å². The van der Waals surface area contributed by atoms with Crippen molar-refractivity contribution in [1.29, 1.82) is 0 Å². The Bertz CT molecular complexity index is 914. The van der Waals surface area contributed by atoms with E-state index in [1.54, 1.807) is 25.3 Å². The van der Waals surface area contributed by atoms with Crippen molar-refractivity contribution >= 4 is 29.3 Å². The first-order valence-corrected chi connectivity index (χ1v) is 14.7. The van der Waals surface area contributed by atoms with Crippen LogP contribution >= 0.6 is 23.4 Å². The van der Waals surface area contributed by atoms with Gasteiger partial charge in [0.05, 0.1) is 17.5 Å². The fourth-order valence-corrected chi connectivity index (χ4v) is 6.68. The zero-order valence-electron chi connectivity index (χ0n) is 21.1. The van der Waals surface area contributed by atoms with Crippen LogP contribution in [0.2, 0.25) is 0 Å². The Morgan fingerprint density at radius 1 is 1.30 bits per heavy atom. The molecule has 1 aromatic rings. The molecule has 3 saturated heterocycles. The molecule has 0 bridgehead atoms. The molecular weight excluding hydrogens is 523 g/mol. The van der Waals surface area contributed by atoms with Gasteiger partial charge in [0.25, 0.3) is 0 Å². The lowest BCUT2D eigenvalue weighted by Gasteiger charge is -2.44. The first kappa shape index (κ1) is 29.0. The number of nitrogens with one attached hydrogen (secondary N) is 2. The number of amides is 1. The molecule has 0 spiro atoms. The maximum Gasteiger partial charge on any atom is 0.240 e. The lowest BCUT2D eigenvalue weighted by Crippen LogP contribution is -2.65. The molecule has 208 valence electrons. The molecule has 11 heteroatoms. The highest BCUT2D eigenvalue weighted by Crippen LogP contribution is 2.34. The molecule has 0 saturated carbocycles. The van der Waals surface area contributed by atoms with Crippen LogP contribution in [0.4, 0.5) is 4.39 Å². The van der Waals surface area contributed by atoms with E-state index in [4.69, 9.17) is 21.1 Å². The van der Waals surface area contributed by atoms with Crippen molar-refractivity contribution in [1.82, 2.24) is 10.6 Å². The summed E-state index contributed by atoms with van der Waals surface area (Å²) in [6, 6.07) is 5.32. The minimum Gasteiger partial charge on any atom is -0.388 e. The second-order valence-electron chi connectivity index (χ2n) is 10.4. The fourth-order valence-electron chi connectivity index (χ4n) is 5.79. The highest BCUT2D eigenvalue weighted by Gasteiger charge is 2.49. The van der Waals surface area contributed by atoms with Crippen LogP contribution in [0.1, 0.15) is 31.7 Å². The lowest BCUT2D eigenvalue weighted by molar-refractivity contribution is -0.205. The maximum absolute atomic E-state index is 13.5. The molecule has 0 radical (unpaired) electrons. The molecule has 11 atom stereocenters. The van der Waals surface area contributed by atoms with Gasteiger partial charge in [-0.3, -0.25) is 4.79 Å². The number of thioether (sulfide) groups is 1. The van der Waals surface area contributed by atoms with E-state index in [9.17, 15) is 24.5 Å². The summed E-state index contributed by atoms with van der Waals surface area (Å²) in [5, 5.41) is 36.7. The Morgan fingerprint density at radius 2 is 2.08 bits per heavy atom. The van der Waals surface area contributed by atoms with Gasteiger partial charge in [-0.1, -0.05) is 12.1 Å². The molecule has 1 amide bonds. The zero-order valence-corrected chi connectivity index (χ0v) is 22.7. The Kier molecular flexibility index (Phi) is 10.1. The topological polar surface area (TPSA) is 120 Å². The van der Waals surface area contributed by atoms with Gasteiger partial charge >= 0.3 is 0 Å². The van der Waals surface area contributed by atoms with E-state index in [2.05, 4.69) is 10.6 Å². The van der Waals surface area contributed by atoms with Crippen molar-refractivity contribution in [3.63, 3.8) is 0 Å². The number of aliphatic hydroxyl groups excluding tert-OH is 3. The van der Waals surface area contributed by atoms with Crippen LogP contribution in [0.5, 0.6) is 0 Å². The van der Waals surface area contributed by atoms with Crippen molar-refractivity contribution in [2.45, 2.75) is 86.0 Å². The molecule has 4 rings (SSSR count). The molecule has 37 heavy (non-hydrogen) atoms. The first-order chi connectivity index (χ1) is 17.7. The van der Waals surface area contributed by atoms with Crippen LogP contribution in [0.3, 0.4) is 0 Å². The van der Waals surface area contributed by atoms with Gasteiger partial charge in [-0.25, -0.2) is 4.39 Å².